The number of anilines is 2. The number of methoxy groups -OCH3 is 1. The maximum Gasteiger partial charge on any atom is 0.343 e. The first-order valence-corrected chi connectivity index (χ1v) is 14.4. The number of amidine groups is 1. The van der Waals surface area contributed by atoms with Gasteiger partial charge in [-0.2, -0.15) is 5.26 Å². The van der Waals surface area contributed by atoms with Gasteiger partial charge in [-0.25, -0.2) is 9.79 Å². The van der Waals surface area contributed by atoms with Gasteiger partial charge in [0.2, 0.25) is 0 Å². The number of benzene rings is 3. The smallest absolute Gasteiger partial charge is 0.343 e. The number of hydrogen-bond acceptors (Lipinski definition) is 10. The van der Waals surface area contributed by atoms with Gasteiger partial charge in [0.05, 0.1) is 41.3 Å². The van der Waals surface area contributed by atoms with Crippen LogP contribution < -0.4 is 15.0 Å². The van der Waals surface area contributed by atoms with Crippen LogP contribution in [0.25, 0.3) is 0 Å². The molecule has 0 unspecified atom stereocenters. The minimum Gasteiger partial charge on any atom is -0.482 e. The molecule has 41 heavy (non-hydrogen) atoms. The third-order valence-corrected chi connectivity index (χ3v) is 8.78. The van der Waals surface area contributed by atoms with Crippen molar-refractivity contribution >= 4 is 57.6 Å². The standard InChI is InChI=1S/C30H27N5O4S2/c1-4-32-23-12-10-21(14-20(23)16-31)33-30-35(17-19-8-6-5-7-9-19)28(37)27(41-30)29-34(2)24-15-22(11-13-25(24)40-29)39-18-26(36)38-3/h5-15,32H,4,17-18H2,1-3H3/b29-27+,33-30?. The van der Waals surface area contributed by atoms with Crippen LogP contribution in [-0.2, 0) is 20.9 Å². The van der Waals surface area contributed by atoms with E-state index in [1.54, 1.807) is 17.0 Å². The summed E-state index contributed by atoms with van der Waals surface area (Å²) in [7, 11) is 3.21. The number of ether oxygens (including phenoxy) is 2. The molecule has 208 valence electrons. The van der Waals surface area contributed by atoms with E-state index in [0.29, 0.717) is 40.2 Å². The zero-order valence-electron chi connectivity index (χ0n) is 22.7. The van der Waals surface area contributed by atoms with E-state index in [1.807, 2.05) is 73.5 Å². The Balaban J connectivity index is 1.49. The van der Waals surface area contributed by atoms with Gasteiger partial charge in [-0.05, 0) is 54.6 Å². The maximum atomic E-state index is 13.9. The first-order valence-electron chi connectivity index (χ1n) is 12.8. The molecule has 1 saturated heterocycles. The number of thioether (sulfide) groups is 2. The van der Waals surface area contributed by atoms with Gasteiger partial charge in [0.15, 0.2) is 11.8 Å². The van der Waals surface area contributed by atoms with Crippen molar-refractivity contribution in [2.75, 3.05) is 37.5 Å². The Bertz CT molecular complexity index is 1600. The summed E-state index contributed by atoms with van der Waals surface area (Å²) >= 11 is 2.81. The van der Waals surface area contributed by atoms with E-state index in [0.717, 1.165) is 26.9 Å². The number of fused-ring (bicyclic) bond motifs is 1. The summed E-state index contributed by atoms with van der Waals surface area (Å²) in [6, 6.07) is 22.9. The van der Waals surface area contributed by atoms with Gasteiger partial charge in [-0.15, -0.1) is 0 Å². The van der Waals surface area contributed by atoms with E-state index >= 15 is 0 Å². The zero-order chi connectivity index (χ0) is 28.9. The van der Waals surface area contributed by atoms with Crippen LogP contribution in [0.5, 0.6) is 5.75 Å². The number of esters is 1. The van der Waals surface area contributed by atoms with Crippen LogP contribution in [0.1, 0.15) is 18.1 Å². The SMILES string of the molecule is CCNc1ccc(N=C2S/C(=C3/Sc4ccc(OCC(=O)OC)cc4N3C)C(=O)N2Cc2ccccc2)cc1C#N. The first kappa shape index (κ1) is 28.1. The number of nitrogens with one attached hydrogen (secondary N) is 1. The fourth-order valence-corrected chi connectivity index (χ4v) is 6.61. The number of nitrogens with zero attached hydrogens (tertiary/aromatic N) is 4. The molecule has 0 saturated carbocycles. The summed E-state index contributed by atoms with van der Waals surface area (Å²) in [5, 5.41) is 14.2. The molecular formula is C30H27N5O4S2. The van der Waals surface area contributed by atoms with Crippen LogP contribution in [0.4, 0.5) is 17.1 Å². The number of rotatable bonds is 8. The quantitative estimate of drug-likeness (QED) is 0.262. The molecule has 0 radical (unpaired) electrons. The van der Waals surface area contributed by atoms with Crippen molar-refractivity contribution in [3.63, 3.8) is 0 Å². The number of nitriles is 1. The van der Waals surface area contributed by atoms with E-state index in [4.69, 9.17) is 9.73 Å². The Labute approximate surface area is 246 Å². The van der Waals surface area contributed by atoms with E-state index in [2.05, 4.69) is 16.1 Å². The van der Waals surface area contributed by atoms with Crippen LogP contribution in [0, 0.1) is 11.3 Å². The first-order chi connectivity index (χ1) is 19.9. The molecule has 2 heterocycles. The molecule has 0 aromatic heterocycles. The third kappa shape index (κ3) is 6.04. The van der Waals surface area contributed by atoms with Crippen LogP contribution in [0.3, 0.4) is 0 Å². The van der Waals surface area contributed by atoms with Crippen molar-refractivity contribution in [1.82, 2.24) is 4.90 Å². The maximum absolute atomic E-state index is 13.9. The van der Waals surface area contributed by atoms with Gasteiger partial charge in [0, 0.05) is 24.6 Å². The van der Waals surface area contributed by atoms with Gasteiger partial charge >= 0.3 is 5.97 Å². The minimum atomic E-state index is -0.465. The molecule has 2 aliphatic rings. The lowest BCUT2D eigenvalue weighted by molar-refractivity contribution is -0.142. The Morgan fingerprint density at radius 2 is 1.90 bits per heavy atom. The monoisotopic (exact) mass is 585 g/mol. The Morgan fingerprint density at radius 3 is 2.63 bits per heavy atom. The number of aliphatic imine (C=N–C) groups is 1. The Hall–Kier alpha value is -4.40. The summed E-state index contributed by atoms with van der Waals surface area (Å²) in [5.74, 6) is -0.0836. The molecule has 1 fully saturated rings. The number of carbonyl (C=O) groups excluding carboxylic acids is 2. The molecule has 2 aliphatic heterocycles. The second-order valence-electron chi connectivity index (χ2n) is 9.04. The lowest BCUT2D eigenvalue weighted by Crippen LogP contribution is -2.29. The van der Waals surface area contributed by atoms with Crippen LogP contribution in [0.2, 0.25) is 0 Å². The van der Waals surface area contributed by atoms with Crippen LogP contribution in [-0.4, -0.2) is 49.3 Å². The van der Waals surface area contributed by atoms with Gasteiger partial charge in [-0.1, -0.05) is 42.1 Å². The fraction of sp³-hybridized carbons (Fsp3) is 0.200. The molecule has 0 atom stereocenters. The second kappa shape index (κ2) is 12.4. The largest absolute Gasteiger partial charge is 0.482 e. The highest BCUT2D eigenvalue weighted by Crippen LogP contribution is 2.51. The summed E-state index contributed by atoms with van der Waals surface area (Å²) < 4.78 is 10.2. The molecule has 1 amide bonds. The number of amides is 1. The molecule has 3 aromatic rings. The van der Waals surface area contributed by atoms with Crippen molar-refractivity contribution < 1.29 is 19.1 Å². The lowest BCUT2D eigenvalue weighted by Gasteiger charge is -2.17. The van der Waals surface area contributed by atoms with Crippen LogP contribution >= 0.6 is 23.5 Å². The molecule has 11 heteroatoms. The summed E-state index contributed by atoms with van der Waals surface area (Å²) in [6.07, 6.45) is 0. The van der Waals surface area contributed by atoms with Crippen molar-refractivity contribution in [1.29, 1.82) is 5.26 Å². The Kier molecular flexibility index (Phi) is 8.52. The predicted molar refractivity (Wildman–Crippen MR) is 162 cm³/mol. The normalized spacial score (nSPS) is 17.0. The average Bonchev–Trinajstić information content (AvgIpc) is 3.48. The third-order valence-electron chi connectivity index (χ3n) is 6.34. The summed E-state index contributed by atoms with van der Waals surface area (Å²) in [6.45, 7) is 2.83. The molecule has 0 aliphatic carbocycles. The molecule has 9 nitrogen and oxygen atoms in total. The van der Waals surface area contributed by atoms with Crippen molar-refractivity contribution in [3.05, 3.63) is 87.8 Å². The van der Waals surface area contributed by atoms with Gasteiger partial charge in [-0.3, -0.25) is 9.69 Å². The van der Waals surface area contributed by atoms with Crippen LogP contribution in [0.15, 0.2) is 86.6 Å². The van der Waals surface area contributed by atoms with E-state index < -0.39 is 5.97 Å². The molecule has 3 aromatic carbocycles. The molecule has 0 bridgehead atoms. The topological polar surface area (TPSA) is 107 Å². The van der Waals surface area contributed by atoms with Crippen molar-refractivity contribution in [2.24, 2.45) is 4.99 Å². The highest BCUT2D eigenvalue weighted by atomic mass is 32.2. The second-order valence-corrected chi connectivity index (χ2v) is 11.0. The molecular weight excluding hydrogens is 558 g/mol. The van der Waals surface area contributed by atoms with E-state index in [9.17, 15) is 14.9 Å². The van der Waals surface area contributed by atoms with Crippen molar-refractivity contribution in [2.45, 2.75) is 18.4 Å². The highest BCUT2D eigenvalue weighted by molar-refractivity contribution is 8.19. The van der Waals surface area contributed by atoms with Gasteiger partial charge in [0.25, 0.3) is 5.91 Å². The van der Waals surface area contributed by atoms with E-state index in [1.165, 1.54) is 30.6 Å². The van der Waals surface area contributed by atoms with Gasteiger partial charge in [0.1, 0.15) is 16.7 Å². The minimum absolute atomic E-state index is 0.147. The number of carbonyl (C=O) groups is 2. The Morgan fingerprint density at radius 1 is 1.10 bits per heavy atom. The predicted octanol–water partition coefficient (Wildman–Crippen LogP) is 5.72. The molecule has 5 rings (SSSR count). The molecule has 0 spiro atoms. The average molecular weight is 586 g/mol. The summed E-state index contributed by atoms with van der Waals surface area (Å²) in [5.41, 5.74) is 3.67. The highest BCUT2D eigenvalue weighted by Gasteiger charge is 2.39. The fourth-order valence-electron chi connectivity index (χ4n) is 4.29. The lowest BCUT2D eigenvalue weighted by atomic mass is 10.1. The van der Waals surface area contributed by atoms with Crippen molar-refractivity contribution in [3.8, 4) is 11.8 Å². The van der Waals surface area contributed by atoms with E-state index in [-0.39, 0.29) is 12.5 Å². The summed E-state index contributed by atoms with van der Waals surface area (Å²) in [4.78, 5) is 35.4. The number of hydrogen-bond donors (Lipinski definition) is 1. The molecule has 1 N–H and O–H groups in total. The van der Waals surface area contributed by atoms with Gasteiger partial charge < -0.3 is 19.7 Å². The zero-order valence-corrected chi connectivity index (χ0v) is 24.3.